The molecule has 0 saturated carbocycles. The second kappa shape index (κ2) is 10.3. The van der Waals surface area contributed by atoms with Crippen molar-refractivity contribution in [1.29, 1.82) is 0 Å². The lowest BCUT2D eigenvalue weighted by atomic mass is 10.0. The molecule has 2 aromatic rings. The van der Waals surface area contributed by atoms with Crippen molar-refractivity contribution in [3.05, 3.63) is 71.2 Å². The van der Waals surface area contributed by atoms with Crippen LogP contribution in [-0.4, -0.2) is 45.6 Å². The maximum Gasteiger partial charge on any atom is 0.340 e. The number of rotatable bonds is 8. The van der Waals surface area contributed by atoms with Gasteiger partial charge in [0.25, 0.3) is 10.0 Å². The zero-order chi connectivity index (χ0) is 24.9. The van der Waals surface area contributed by atoms with Gasteiger partial charge >= 0.3 is 18.0 Å². The van der Waals surface area contributed by atoms with Crippen molar-refractivity contribution in [2.75, 3.05) is 17.9 Å². The molecule has 0 fully saturated rings. The van der Waals surface area contributed by atoms with Gasteiger partial charge in [0.2, 0.25) is 0 Å². The summed E-state index contributed by atoms with van der Waals surface area (Å²) in [5, 5.41) is 4.95. The van der Waals surface area contributed by atoms with Gasteiger partial charge in [-0.25, -0.2) is 27.2 Å². The first-order chi connectivity index (χ1) is 16.1. The van der Waals surface area contributed by atoms with Crippen molar-refractivity contribution in [2.24, 2.45) is 0 Å². The maximum atomic E-state index is 13.1. The van der Waals surface area contributed by atoms with Gasteiger partial charge in [-0.1, -0.05) is 12.1 Å². The van der Waals surface area contributed by atoms with Crippen LogP contribution < -0.4 is 15.4 Å². The van der Waals surface area contributed by atoms with Gasteiger partial charge in [-0.05, 0) is 50.2 Å². The van der Waals surface area contributed by atoms with Crippen molar-refractivity contribution >= 4 is 33.7 Å². The van der Waals surface area contributed by atoms with Gasteiger partial charge in [0.05, 0.1) is 40.1 Å². The van der Waals surface area contributed by atoms with E-state index in [1.807, 2.05) is 0 Å². The Morgan fingerprint density at radius 1 is 1.06 bits per heavy atom. The predicted molar refractivity (Wildman–Crippen MR) is 119 cm³/mol. The van der Waals surface area contributed by atoms with Crippen LogP contribution in [0.1, 0.15) is 24.2 Å². The number of carbonyl (C=O) groups excluding carboxylic acids is 3. The fourth-order valence-electron chi connectivity index (χ4n) is 3.18. The Bertz CT molecular complexity index is 1240. The number of para-hydroxylation sites is 1. The number of benzene rings is 2. The van der Waals surface area contributed by atoms with Crippen LogP contribution in [0.25, 0.3) is 0 Å². The van der Waals surface area contributed by atoms with Crippen LogP contribution in [0.15, 0.2) is 64.7 Å². The van der Waals surface area contributed by atoms with Crippen LogP contribution in [-0.2, 0) is 24.3 Å². The van der Waals surface area contributed by atoms with Gasteiger partial charge in [0.15, 0.2) is 0 Å². The van der Waals surface area contributed by atoms with E-state index in [0.717, 1.165) is 24.3 Å². The third-order valence-electron chi connectivity index (χ3n) is 4.73. The van der Waals surface area contributed by atoms with E-state index in [1.54, 1.807) is 13.8 Å². The third kappa shape index (κ3) is 5.70. The molecule has 180 valence electrons. The summed E-state index contributed by atoms with van der Waals surface area (Å²) in [4.78, 5) is 36.7. The highest BCUT2D eigenvalue weighted by Gasteiger charge is 2.30. The van der Waals surface area contributed by atoms with E-state index in [4.69, 9.17) is 9.47 Å². The minimum absolute atomic E-state index is 0.0485. The lowest BCUT2D eigenvalue weighted by molar-refractivity contribution is -0.139. The molecule has 1 aliphatic heterocycles. The number of anilines is 1. The number of ether oxygens (including phenoxy) is 2. The van der Waals surface area contributed by atoms with E-state index >= 15 is 0 Å². The van der Waals surface area contributed by atoms with Gasteiger partial charge in [-0.2, -0.15) is 0 Å². The van der Waals surface area contributed by atoms with Gasteiger partial charge < -0.3 is 20.1 Å². The van der Waals surface area contributed by atoms with Crippen LogP contribution in [0.3, 0.4) is 0 Å². The molecule has 1 atom stereocenters. The van der Waals surface area contributed by atoms with Crippen molar-refractivity contribution in [3.8, 4) is 0 Å². The summed E-state index contributed by atoms with van der Waals surface area (Å²) in [7, 11) is -4.12. The third-order valence-corrected chi connectivity index (χ3v) is 6.11. The molecule has 3 rings (SSSR count). The second-order valence-electron chi connectivity index (χ2n) is 7.11. The quantitative estimate of drug-likeness (QED) is 0.482. The van der Waals surface area contributed by atoms with E-state index in [0.29, 0.717) is 0 Å². The number of urea groups is 1. The normalized spacial score (nSPS) is 15.7. The second-order valence-corrected chi connectivity index (χ2v) is 8.80. The summed E-state index contributed by atoms with van der Waals surface area (Å²) in [6.45, 7) is 2.84. The highest BCUT2D eigenvalue weighted by atomic mass is 32.2. The SMILES string of the molecule is CCOC(=O)C1=C(COC(=O)c2ccccc2NS(=O)(=O)c2ccc(F)cc2)NC(=O)N[C@H]1C. The van der Waals surface area contributed by atoms with E-state index in [1.165, 1.54) is 24.3 Å². The summed E-state index contributed by atoms with van der Waals surface area (Å²) in [6, 6.07) is 8.61. The Morgan fingerprint density at radius 2 is 1.74 bits per heavy atom. The predicted octanol–water partition coefficient (Wildman–Crippen LogP) is 2.30. The molecule has 0 aliphatic carbocycles. The molecule has 0 bridgehead atoms. The first-order valence-electron chi connectivity index (χ1n) is 10.1. The summed E-state index contributed by atoms with van der Waals surface area (Å²) in [5.74, 6) is -2.19. The van der Waals surface area contributed by atoms with Crippen molar-refractivity contribution in [1.82, 2.24) is 10.6 Å². The molecule has 2 aromatic carbocycles. The van der Waals surface area contributed by atoms with Crippen LogP contribution in [0.4, 0.5) is 14.9 Å². The number of hydrogen-bond donors (Lipinski definition) is 3. The first kappa shape index (κ1) is 24.7. The summed E-state index contributed by atoms with van der Waals surface area (Å²) in [6.07, 6.45) is 0. The van der Waals surface area contributed by atoms with Gasteiger partial charge in [0.1, 0.15) is 12.4 Å². The van der Waals surface area contributed by atoms with E-state index in [2.05, 4.69) is 15.4 Å². The molecule has 0 aromatic heterocycles. The smallest absolute Gasteiger partial charge is 0.340 e. The van der Waals surface area contributed by atoms with Crippen LogP contribution in [0.5, 0.6) is 0 Å². The fourth-order valence-corrected chi connectivity index (χ4v) is 4.26. The number of esters is 2. The Hall–Kier alpha value is -3.93. The van der Waals surface area contributed by atoms with Crippen LogP contribution in [0.2, 0.25) is 0 Å². The Balaban J connectivity index is 1.82. The fraction of sp³-hybridized carbons (Fsp3) is 0.227. The number of amides is 2. The summed E-state index contributed by atoms with van der Waals surface area (Å²) in [5.41, 5.74) is -0.0362. The van der Waals surface area contributed by atoms with Gasteiger partial charge in [-0.3, -0.25) is 4.72 Å². The molecule has 0 unspecified atom stereocenters. The number of nitrogens with one attached hydrogen (secondary N) is 3. The largest absolute Gasteiger partial charge is 0.463 e. The zero-order valence-electron chi connectivity index (χ0n) is 18.3. The molecule has 34 heavy (non-hydrogen) atoms. The zero-order valence-corrected chi connectivity index (χ0v) is 19.1. The number of sulfonamides is 1. The Labute approximate surface area is 195 Å². The van der Waals surface area contributed by atoms with E-state index in [-0.39, 0.29) is 34.0 Å². The molecule has 1 aliphatic rings. The number of carbonyl (C=O) groups is 3. The van der Waals surface area contributed by atoms with Crippen LogP contribution in [0, 0.1) is 5.82 Å². The lowest BCUT2D eigenvalue weighted by Crippen LogP contribution is -2.50. The average molecular weight is 491 g/mol. The molecule has 0 radical (unpaired) electrons. The standard InChI is InChI=1S/C22H22FN3O7S/c1-3-32-21(28)19-13(2)24-22(29)25-18(19)12-33-20(27)16-6-4-5-7-17(16)26-34(30,31)15-10-8-14(23)9-11-15/h4-11,13,26H,3,12H2,1-2H3,(H2,24,25,29)/t13-/m0/s1. The van der Waals surface area contributed by atoms with Crippen molar-refractivity contribution < 1.29 is 36.7 Å². The molecule has 1 heterocycles. The maximum absolute atomic E-state index is 13.1. The molecule has 3 N–H and O–H groups in total. The summed E-state index contributed by atoms with van der Waals surface area (Å²) < 4.78 is 51.0. The molecular weight excluding hydrogens is 469 g/mol. The minimum Gasteiger partial charge on any atom is -0.463 e. The first-order valence-corrected chi connectivity index (χ1v) is 11.6. The molecule has 10 nitrogen and oxygen atoms in total. The van der Waals surface area contributed by atoms with E-state index < -0.39 is 46.5 Å². The minimum atomic E-state index is -4.12. The number of hydrogen-bond acceptors (Lipinski definition) is 7. The van der Waals surface area contributed by atoms with Crippen molar-refractivity contribution in [3.63, 3.8) is 0 Å². The van der Waals surface area contributed by atoms with Gasteiger partial charge in [-0.15, -0.1) is 0 Å². The highest BCUT2D eigenvalue weighted by Crippen LogP contribution is 2.22. The van der Waals surface area contributed by atoms with Crippen molar-refractivity contribution in [2.45, 2.75) is 24.8 Å². The number of halogens is 1. The summed E-state index contributed by atoms with van der Waals surface area (Å²) >= 11 is 0. The molecule has 2 amide bonds. The topological polar surface area (TPSA) is 140 Å². The Morgan fingerprint density at radius 3 is 2.41 bits per heavy atom. The van der Waals surface area contributed by atoms with E-state index in [9.17, 15) is 27.2 Å². The molecule has 0 spiro atoms. The molecule has 12 heteroatoms. The van der Waals surface area contributed by atoms with Gasteiger partial charge in [0, 0.05) is 0 Å². The Kier molecular flexibility index (Phi) is 7.51. The lowest BCUT2D eigenvalue weighted by Gasteiger charge is -2.26. The highest BCUT2D eigenvalue weighted by molar-refractivity contribution is 7.92. The molecule has 0 saturated heterocycles. The monoisotopic (exact) mass is 491 g/mol. The van der Waals surface area contributed by atoms with Crippen LogP contribution >= 0.6 is 0 Å². The average Bonchev–Trinajstić information content (AvgIpc) is 2.77. The molecular formula is C22H22FN3O7S.